The van der Waals surface area contributed by atoms with Gasteiger partial charge >= 0.3 is 11.6 Å². The molecule has 0 saturated carbocycles. The summed E-state index contributed by atoms with van der Waals surface area (Å²) in [4.78, 5) is 40.8. The van der Waals surface area contributed by atoms with E-state index in [1.807, 2.05) is 0 Å². The number of rotatable bonds is 2. The van der Waals surface area contributed by atoms with Gasteiger partial charge in [0.15, 0.2) is 11.4 Å². The molecule has 0 aliphatic rings. The summed E-state index contributed by atoms with van der Waals surface area (Å²) in [5.74, 6) is -0.872. The predicted octanol–water partition coefficient (Wildman–Crippen LogP) is 3.40. The zero-order valence-corrected chi connectivity index (χ0v) is 14.6. The Bertz CT molecular complexity index is 1280. The molecule has 0 bridgehead atoms. The van der Waals surface area contributed by atoms with E-state index in [0.717, 1.165) is 0 Å². The number of para-hydroxylation sites is 2. The normalized spacial score (nSPS) is 11.0. The van der Waals surface area contributed by atoms with Crippen molar-refractivity contribution in [1.29, 1.82) is 0 Å². The highest BCUT2D eigenvalue weighted by Crippen LogP contribution is 2.39. The van der Waals surface area contributed by atoms with Crippen molar-refractivity contribution in [1.82, 2.24) is 9.55 Å². The maximum absolute atomic E-state index is 12.4. The van der Waals surface area contributed by atoms with Gasteiger partial charge in [0.05, 0.1) is 16.4 Å². The molecule has 4 rings (SSSR count). The van der Waals surface area contributed by atoms with Gasteiger partial charge < -0.3 is 9.15 Å². The largest absolute Gasteiger partial charge is 0.424 e. The van der Waals surface area contributed by atoms with Crippen molar-refractivity contribution >= 4 is 33.7 Å². The molecule has 7 nitrogen and oxygen atoms in total. The zero-order valence-electron chi connectivity index (χ0n) is 14.6. The number of carbonyl (C=O) groups is 2. The molecule has 2 heterocycles. The third-order valence-corrected chi connectivity index (χ3v) is 4.13. The third kappa shape index (κ3) is 2.69. The second-order valence-electron chi connectivity index (χ2n) is 5.97. The lowest BCUT2D eigenvalue weighted by Gasteiger charge is -2.08. The van der Waals surface area contributed by atoms with Gasteiger partial charge in [-0.25, -0.2) is 9.78 Å². The molecule has 0 aliphatic heterocycles. The summed E-state index contributed by atoms with van der Waals surface area (Å²) in [7, 11) is 0. The van der Waals surface area contributed by atoms with Crippen LogP contribution in [0.15, 0.2) is 57.7 Å². The Morgan fingerprint density at radius 1 is 1.00 bits per heavy atom. The first-order valence-electron chi connectivity index (χ1n) is 8.20. The van der Waals surface area contributed by atoms with Crippen molar-refractivity contribution < 1.29 is 18.7 Å². The molecule has 27 heavy (non-hydrogen) atoms. The van der Waals surface area contributed by atoms with Crippen LogP contribution in [0, 0.1) is 0 Å². The molecule has 0 spiro atoms. The van der Waals surface area contributed by atoms with Crippen molar-refractivity contribution in [3.05, 3.63) is 59.0 Å². The number of fused-ring (bicyclic) bond motifs is 2. The van der Waals surface area contributed by atoms with Gasteiger partial charge in [0.25, 0.3) is 5.89 Å². The van der Waals surface area contributed by atoms with Gasteiger partial charge in [-0.1, -0.05) is 24.3 Å². The van der Waals surface area contributed by atoms with Gasteiger partial charge in [0.2, 0.25) is 5.91 Å². The van der Waals surface area contributed by atoms with Crippen molar-refractivity contribution in [2.75, 3.05) is 0 Å². The molecule has 0 unspecified atom stereocenters. The molecule has 134 valence electrons. The number of nitrogens with zero attached hydrogens (tertiary/aromatic N) is 2. The van der Waals surface area contributed by atoms with Crippen molar-refractivity contribution in [3.63, 3.8) is 0 Å². The molecule has 0 saturated heterocycles. The summed E-state index contributed by atoms with van der Waals surface area (Å²) in [6.07, 6.45) is 0. The van der Waals surface area contributed by atoms with E-state index >= 15 is 0 Å². The van der Waals surface area contributed by atoms with E-state index in [1.54, 1.807) is 48.5 Å². The van der Waals surface area contributed by atoms with Crippen LogP contribution in [-0.2, 0) is 4.79 Å². The molecule has 0 N–H and O–H groups in total. The zero-order chi connectivity index (χ0) is 19.1. The molecule has 2 aromatic heterocycles. The topological polar surface area (TPSA) is 91.4 Å². The van der Waals surface area contributed by atoms with Gasteiger partial charge in [-0.3, -0.25) is 14.2 Å². The maximum atomic E-state index is 12.4. The number of aromatic nitrogens is 2. The van der Waals surface area contributed by atoms with Crippen LogP contribution < -0.4 is 10.4 Å². The van der Waals surface area contributed by atoms with Gasteiger partial charge in [0, 0.05) is 19.2 Å². The summed E-state index contributed by atoms with van der Waals surface area (Å²) < 4.78 is 12.1. The van der Waals surface area contributed by atoms with Crippen LogP contribution in [0.5, 0.6) is 5.75 Å². The van der Waals surface area contributed by atoms with Crippen LogP contribution in [0.2, 0.25) is 0 Å². The molecule has 0 fully saturated rings. The van der Waals surface area contributed by atoms with Crippen molar-refractivity contribution in [2.24, 2.45) is 0 Å². The van der Waals surface area contributed by atoms with Crippen molar-refractivity contribution in [3.8, 4) is 17.3 Å². The minimum atomic E-state index is -0.593. The lowest BCUT2D eigenvalue weighted by molar-refractivity contribution is -0.131. The number of ether oxygens (including phenoxy) is 1. The van der Waals surface area contributed by atoms with E-state index < -0.39 is 11.6 Å². The Balaban J connectivity index is 2.15. The van der Waals surface area contributed by atoms with E-state index in [9.17, 15) is 14.4 Å². The first kappa shape index (κ1) is 16.7. The molecule has 0 atom stereocenters. The van der Waals surface area contributed by atoms with Crippen LogP contribution in [0.1, 0.15) is 18.6 Å². The second kappa shape index (κ2) is 6.21. The van der Waals surface area contributed by atoms with E-state index in [4.69, 9.17) is 9.15 Å². The first-order valence-corrected chi connectivity index (χ1v) is 8.20. The van der Waals surface area contributed by atoms with Crippen LogP contribution in [0.4, 0.5) is 0 Å². The van der Waals surface area contributed by atoms with Crippen LogP contribution >= 0.6 is 0 Å². The number of hydrogen-bond acceptors (Lipinski definition) is 6. The molecule has 0 radical (unpaired) electrons. The fraction of sp³-hybridized carbons (Fsp3) is 0.100. The maximum Gasteiger partial charge on any atom is 0.347 e. The molecule has 0 amide bonds. The van der Waals surface area contributed by atoms with Gasteiger partial charge in [-0.05, 0) is 24.3 Å². The quantitative estimate of drug-likeness (QED) is 0.508. The monoisotopic (exact) mass is 362 g/mol. The average Bonchev–Trinajstić information content (AvgIpc) is 2.96. The summed E-state index contributed by atoms with van der Waals surface area (Å²) in [6.45, 7) is 2.63. The fourth-order valence-electron chi connectivity index (χ4n) is 3.10. The number of benzene rings is 2. The number of esters is 1. The summed E-state index contributed by atoms with van der Waals surface area (Å²) in [5, 5.41) is 0.858. The molecule has 0 aliphatic carbocycles. The smallest absolute Gasteiger partial charge is 0.347 e. The molecule has 2 aromatic carbocycles. The fourth-order valence-corrected chi connectivity index (χ4v) is 3.10. The Labute approximate surface area is 152 Å². The summed E-state index contributed by atoms with van der Waals surface area (Å²) in [6, 6.07) is 13.7. The molecular weight excluding hydrogens is 348 g/mol. The summed E-state index contributed by atoms with van der Waals surface area (Å²) >= 11 is 0. The van der Waals surface area contributed by atoms with Crippen LogP contribution in [-0.4, -0.2) is 21.4 Å². The minimum absolute atomic E-state index is 0.0960. The average molecular weight is 362 g/mol. The molecular formula is C20H14N2O5. The van der Waals surface area contributed by atoms with Gasteiger partial charge in [-0.15, -0.1) is 0 Å². The van der Waals surface area contributed by atoms with Crippen molar-refractivity contribution in [2.45, 2.75) is 13.8 Å². The van der Waals surface area contributed by atoms with Gasteiger partial charge in [0.1, 0.15) is 0 Å². The minimum Gasteiger partial charge on any atom is -0.424 e. The lowest BCUT2D eigenvalue weighted by atomic mass is 10.2. The third-order valence-electron chi connectivity index (χ3n) is 4.13. The number of carbonyl (C=O) groups excluding carboxylic acids is 2. The highest BCUT2D eigenvalue weighted by atomic mass is 16.5. The second-order valence-corrected chi connectivity index (χ2v) is 5.97. The van der Waals surface area contributed by atoms with E-state index in [0.29, 0.717) is 21.8 Å². The Kier molecular flexibility index (Phi) is 3.84. The SMILES string of the molecule is CC(=O)Oc1c(-c2nc3ccccc3c(=O)o2)n(C(C)=O)c2ccccc12. The molecule has 4 aromatic rings. The van der Waals surface area contributed by atoms with Crippen LogP contribution in [0.3, 0.4) is 0 Å². The van der Waals surface area contributed by atoms with E-state index in [2.05, 4.69) is 4.98 Å². The highest BCUT2D eigenvalue weighted by molar-refractivity contribution is 6.03. The Hall–Kier alpha value is -3.74. The number of hydrogen-bond donors (Lipinski definition) is 0. The van der Waals surface area contributed by atoms with E-state index in [1.165, 1.54) is 18.4 Å². The predicted molar refractivity (Wildman–Crippen MR) is 98.8 cm³/mol. The highest BCUT2D eigenvalue weighted by Gasteiger charge is 2.26. The Morgan fingerprint density at radius 3 is 2.37 bits per heavy atom. The summed E-state index contributed by atoms with van der Waals surface area (Å²) in [5.41, 5.74) is 0.471. The standard InChI is InChI=1S/C20H14N2O5/c1-11(23)22-16-10-6-4-8-14(16)18(26-12(2)24)17(22)19-21-15-9-5-3-7-13(15)20(25)27-19/h3-10H,1-2H3. The Morgan fingerprint density at radius 2 is 1.67 bits per heavy atom. The lowest BCUT2D eigenvalue weighted by Crippen LogP contribution is -2.11. The first-order chi connectivity index (χ1) is 13.0. The van der Waals surface area contributed by atoms with Gasteiger partial charge in [-0.2, -0.15) is 0 Å². The van der Waals surface area contributed by atoms with E-state index in [-0.39, 0.29) is 23.2 Å². The molecule has 7 heteroatoms. The van der Waals surface area contributed by atoms with Crippen LogP contribution in [0.25, 0.3) is 33.4 Å².